The lowest BCUT2D eigenvalue weighted by atomic mass is 9.90. The molecule has 3 N–H and O–H groups in total. The van der Waals surface area contributed by atoms with E-state index in [0.29, 0.717) is 19.5 Å². The highest BCUT2D eigenvalue weighted by Gasteiger charge is 2.28. The number of likely N-dealkylation sites (tertiary alicyclic amines) is 1. The van der Waals surface area contributed by atoms with Crippen molar-refractivity contribution in [3.8, 4) is 0 Å². The second kappa shape index (κ2) is 10.7. The summed E-state index contributed by atoms with van der Waals surface area (Å²) in [5, 5.41) is 7.12. The van der Waals surface area contributed by atoms with Crippen LogP contribution in [0.1, 0.15) is 42.4 Å². The molecular weight excluding hydrogens is 454 g/mol. The van der Waals surface area contributed by atoms with Gasteiger partial charge in [-0.3, -0.25) is 9.67 Å². The Morgan fingerprint density at radius 3 is 2.78 bits per heavy atom. The zero-order valence-corrected chi connectivity index (χ0v) is 21.4. The van der Waals surface area contributed by atoms with Gasteiger partial charge in [-0.2, -0.15) is 5.10 Å². The molecule has 0 spiro atoms. The van der Waals surface area contributed by atoms with Gasteiger partial charge in [0, 0.05) is 82.1 Å². The smallest absolute Gasteiger partial charge is 0.317 e. The molecule has 0 radical (unpaired) electrons. The summed E-state index contributed by atoms with van der Waals surface area (Å²) in [7, 11) is 3.62. The number of amides is 2. The number of ether oxygens (including phenoxy) is 1. The van der Waals surface area contributed by atoms with Gasteiger partial charge in [0.05, 0.1) is 24.5 Å². The Hall–Kier alpha value is -3.33. The largest absolute Gasteiger partial charge is 0.398 e. The number of aryl methyl sites for hydroxylation is 1. The van der Waals surface area contributed by atoms with Crippen molar-refractivity contribution >= 4 is 23.1 Å². The van der Waals surface area contributed by atoms with Gasteiger partial charge in [-0.25, -0.2) is 4.79 Å². The highest BCUT2D eigenvalue weighted by molar-refractivity contribution is 6.08. The lowest BCUT2D eigenvalue weighted by Crippen LogP contribution is -2.45. The Morgan fingerprint density at radius 2 is 2.03 bits per heavy atom. The van der Waals surface area contributed by atoms with Gasteiger partial charge in [0.1, 0.15) is 0 Å². The van der Waals surface area contributed by atoms with Gasteiger partial charge in [0.2, 0.25) is 0 Å². The maximum atomic E-state index is 12.5. The molecule has 0 aliphatic carbocycles. The summed E-state index contributed by atoms with van der Waals surface area (Å²) < 4.78 is 7.38. The number of carbonyl (C=O) groups excluding carboxylic acids is 1. The number of anilines is 1. The lowest BCUT2D eigenvalue weighted by molar-refractivity contribution is 0.0870. The Labute approximate surface area is 213 Å². The highest BCUT2D eigenvalue weighted by atomic mass is 16.5. The number of rotatable bonds is 3. The molecule has 1 aromatic carbocycles. The Bertz CT molecular complexity index is 1160. The van der Waals surface area contributed by atoms with Crippen LogP contribution in [-0.4, -0.2) is 72.4 Å². The van der Waals surface area contributed by atoms with E-state index in [1.54, 1.807) is 7.05 Å². The fraction of sp³-hybridized carbons (Fsp3) is 0.519. The van der Waals surface area contributed by atoms with Crippen molar-refractivity contribution < 1.29 is 9.53 Å². The number of hydrogen-bond acceptors (Lipinski definition) is 6. The van der Waals surface area contributed by atoms with Crippen LogP contribution in [0.3, 0.4) is 0 Å². The number of nitrogens with two attached hydrogens (primary N) is 1. The van der Waals surface area contributed by atoms with E-state index in [0.717, 1.165) is 80.2 Å². The lowest BCUT2D eigenvalue weighted by Gasteiger charge is -2.32. The number of nitrogens with zero attached hydrogens (tertiary/aromatic N) is 5. The average molecular weight is 492 g/mol. The van der Waals surface area contributed by atoms with Crippen molar-refractivity contribution in [2.75, 3.05) is 44.8 Å². The molecule has 192 valence electrons. The maximum absolute atomic E-state index is 12.5. The number of aromatic nitrogens is 2. The number of piperidine rings is 1. The van der Waals surface area contributed by atoms with Crippen molar-refractivity contribution in [1.29, 1.82) is 0 Å². The second-order valence-corrected chi connectivity index (χ2v) is 9.88. The van der Waals surface area contributed by atoms with Crippen LogP contribution in [0.15, 0.2) is 41.2 Å². The van der Waals surface area contributed by atoms with Crippen molar-refractivity contribution in [3.63, 3.8) is 0 Å². The van der Waals surface area contributed by atoms with E-state index in [-0.39, 0.29) is 12.1 Å². The summed E-state index contributed by atoms with van der Waals surface area (Å²) in [6, 6.07) is 6.61. The van der Waals surface area contributed by atoms with Gasteiger partial charge in [0.15, 0.2) is 0 Å². The van der Waals surface area contributed by atoms with Crippen LogP contribution in [0.25, 0.3) is 5.70 Å². The first-order valence-electron chi connectivity index (χ1n) is 13.0. The topological polar surface area (TPSA) is 101 Å². The first kappa shape index (κ1) is 24.4. The molecule has 0 unspecified atom stereocenters. The fourth-order valence-electron chi connectivity index (χ4n) is 5.52. The molecule has 0 atom stereocenters. The molecule has 2 amide bonds. The monoisotopic (exact) mass is 491 g/mol. The first-order valence-corrected chi connectivity index (χ1v) is 13.0. The molecule has 2 saturated heterocycles. The zero-order valence-electron chi connectivity index (χ0n) is 21.4. The molecule has 2 fully saturated rings. The SMILES string of the molecule is CNC(=O)N1CCC(=NC2CCOCC2)C(=C(N)c2cccc3c2CCCN(c2cnn(C)c2)C3)C1. The van der Waals surface area contributed by atoms with Crippen LogP contribution in [0, 0.1) is 0 Å². The Balaban J connectivity index is 1.51. The molecule has 4 heterocycles. The van der Waals surface area contributed by atoms with Crippen molar-refractivity contribution in [2.24, 2.45) is 17.8 Å². The average Bonchev–Trinajstić information content (AvgIpc) is 3.22. The van der Waals surface area contributed by atoms with E-state index >= 15 is 0 Å². The van der Waals surface area contributed by atoms with E-state index < -0.39 is 0 Å². The molecule has 36 heavy (non-hydrogen) atoms. The molecule has 1 aromatic heterocycles. The van der Waals surface area contributed by atoms with Crippen molar-refractivity contribution in [1.82, 2.24) is 20.0 Å². The van der Waals surface area contributed by atoms with Crippen LogP contribution < -0.4 is 16.0 Å². The van der Waals surface area contributed by atoms with Crippen molar-refractivity contribution in [3.05, 3.63) is 52.9 Å². The summed E-state index contributed by atoms with van der Waals surface area (Å²) in [6.45, 7) is 4.41. The van der Waals surface area contributed by atoms with Crippen LogP contribution in [0.2, 0.25) is 0 Å². The number of fused-ring (bicyclic) bond motifs is 1. The number of nitrogens with one attached hydrogen (secondary N) is 1. The third kappa shape index (κ3) is 5.11. The third-order valence-corrected chi connectivity index (χ3v) is 7.51. The third-order valence-electron chi connectivity index (χ3n) is 7.51. The molecule has 9 heteroatoms. The molecule has 5 rings (SSSR count). The Kier molecular flexibility index (Phi) is 7.27. The molecule has 0 saturated carbocycles. The second-order valence-electron chi connectivity index (χ2n) is 9.88. The van der Waals surface area contributed by atoms with E-state index in [1.807, 2.05) is 22.8 Å². The normalized spacial score (nSPS) is 21.8. The van der Waals surface area contributed by atoms with Gasteiger partial charge in [0.25, 0.3) is 0 Å². The minimum absolute atomic E-state index is 0.0792. The van der Waals surface area contributed by atoms with Crippen molar-refractivity contribution in [2.45, 2.75) is 44.7 Å². The van der Waals surface area contributed by atoms with E-state index in [2.05, 4.69) is 39.7 Å². The van der Waals surface area contributed by atoms with Crippen LogP contribution in [0.5, 0.6) is 0 Å². The van der Waals surface area contributed by atoms with Gasteiger partial charge in [-0.1, -0.05) is 18.2 Å². The molecular formula is C27H37N7O2. The highest BCUT2D eigenvalue weighted by Crippen LogP contribution is 2.31. The van der Waals surface area contributed by atoms with Gasteiger partial charge in [-0.05, 0) is 36.8 Å². The number of urea groups is 1. The van der Waals surface area contributed by atoms with Gasteiger partial charge in [-0.15, -0.1) is 0 Å². The summed E-state index contributed by atoms with van der Waals surface area (Å²) >= 11 is 0. The molecule has 2 aromatic rings. The van der Waals surface area contributed by atoms with E-state index in [9.17, 15) is 4.79 Å². The summed E-state index contributed by atoms with van der Waals surface area (Å²) in [4.78, 5) is 21.9. The number of aliphatic imine (C=N–C) groups is 1. The van der Waals surface area contributed by atoms with Crippen LogP contribution in [0.4, 0.5) is 10.5 Å². The minimum Gasteiger partial charge on any atom is -0.398 e. The minimum atomic E-state index is -0.0792. The van der Waals surface area contributed by atoms with Crippen LogP contribution >= 0.6 is 0 Å². The molecule has 0 bridgehead atoms. The number of hydrogen-bond donors (Lipinski definition) is 2. The Morgan fingerprint density at radius 1 is 1.19 bits per heavy atom. The molecule has 3 aliphatic rings. The summed E-state index contributed by atoms with van der Waals surface area (Å²) in [6.07, 6.45) is 8.57. The predicted molar refractivity (Wildman–Crippen MR) is 142 cm³/mol. The standard InChI is InChI=1S/C27H37N7O2/c1-29-27(35)34-12-8-25(31-20-9-13-36-14-10-20)24(18-34)26(28)23-6-3-5-19-16-33(11-4-7-22(19)23)21-15-30-32(2)17-21/h3,5-6,15,17,20H,4,7-14,16,18,28H2,1-2H3,(H,29,35). The quantitative estimate of drug-likeness (QED) is 0.688. The maximum Gasteiger partial charge on any atom is 0.317 e. The van der Waals surface area contributed by atoms with Gasteiger partial charge >= 0.3 is 6.03 Å². The van der Waals surface area contributed by atoms with Gasteiger partial charge < -0.3 is 25.6 Å². The van der Waals surface area contributed by atoms with Crippen LogP contribution in [-0.2, 0) is 24.8 Å². The first-order chi connectivity index (χ1) is 17.5. The number of benzene rings is 1. The predicted octanol–water partition coefficient (Wildman–Crippen LogP) is 2.71. The molecule has 3 aliphatic heterocycles. The number of carbonyl (C=O) groups is 1. The molecule has 9 nitrogen and oxygen atoms in total. The fourth-order valence-corrected chi connectivity index (χ4v) is 5.52. The van der Waals surface area contributed by atoms with E-state index in [1.165, 1.54) is 11.1 Å². The van der Waals surface area contributed by atoms with E-state index in [4.69, 9.17) is 15.5 Å². The zero-order chi connectivity index (χ0) is 25.1. The summed E-state index contributed by atoms with van der Waals surface area (Å²) in [5.41, 5.74) is 14.6. The summed E-state index contributed by atoms with van der Waals surface area (Å²) in [5.74, 6) is 0.